The molecule has 3 heteroatoms. The molecule has 0 aromatic heterocycles. The van der Waals surface area contributed by atoms with E-state index < -0.39 is 0 Å². The van der Waals surface area contributed by atoms with Crippen molar-refractivity contribution in [3.05, 3.63) is 29.3 Å². The van der Waals surface area contributed by atoms with E-state index in [-0.39, 0.29) is 5.78 Å². The van der Waals surface area contributed by atoms with Gasteiger partial charge in [-0.3, -0.25) is 4.79 Å². The minimum Gasteiger partial charge on any atom is -0.494 e. The second-order valence-electron chi connectivity index (χ2n) is 3.57. The minimum atomic E-state index is 0.205. The number of fused-ring (bicyclic) bond motifs is 1. The van der Waals surface area contributed by atoms with Crippen LogP contribution < -0.4 is 10.1 Å². The molecule has 2 rings (SSSR count). The van der Waals surface area contributed by atoms with Crippen LogP contribution in [0, 0.1) is 0 Å². The van der Waals surface area contributed by atoms with E-state index in [1.54, 1.807) is 0 Å². The van der Waals surface area contributed by atoms with Crippen LogP contribution in [-0.4, -0.2) is 18.9 Å². The number of rotatable bonds is 2. The highest BCUT2D eigenvalue weighted by Gasteiger charge is 2.17. The lowest BCUT2D eigenvalue weighted by molar-refractivity contribution is 0.0985. The normalized spacial score (nSPS) is 15.7. The van der Waals surface area contributed by atoms with Gasteiger partial charge in [-0.2, -0.15) is 0 Å². The van der Waals surface area contributed by atoms with Crippen molar-refractivity contribution in [2.45, 2.75) is 19.9 Å². The van der Waals surface area contributed by atoms with E-state index in [1.165, 1.54) is 0 Å². The Balaban J connectivity index is 2.43. The summed E-state index contributed by atoms with van der Waals surface area (Å²) in [6, 6.07) is 5.68. The van der Waals surface area contributed by atoms with Crippen molar-refractivity contribution in [3.8, 4) is 5.75 Å². The molecule has 1 aromatic carbocycles. The number of carbonyl (C=O) groups excluding carboxylic acids is 1. The Morgan fingerprint density at radius 3 is 3.13 bits per heavy atom. The van der Waals surface area contributed by atoms with Crippen molar-refractivity contribution in [2.24, 2.45) is 0 Å². The number of ketones is 1. The van der Waals surface area contributed by atoms with Crippen LogP contribution >= 0.6 is 0 Å². The fourth-order valence-corrected chi connectivity index (χ4v) is 1.85. The lowest BCUT2D eigenvalue weighted by atomic mass is 10.0. The number of Topliss-reactive ketones (excluding diaryl/α,β-unsaturated/α-hetero) is 1. The first kappa shape index (κ1) is 10.2. The van der Waals surface area contributed by atoms with Gasteiger partial charge in [0, 0.05) is 30.6 Å². The van der Waals surface area contributed by atoms with Gasteiger partial charge in [-0.05, 0) is 13.0 Å². The fraction of sp³-hybridized carbons (Fsp3) is 0.417. The summed E-state index contributed by atoms with van der Waals surface area (Å²) in [7, 11) is 0. The minimum absolute atomic E-state index is 0.205. The van der Waals surface area contributed by atoms with Gasteiger partial charge in [-0.25, -0.2) is 0 Å². The summed E-state index contributed by atoms with van der Waals surface area (Å²) in [5.41, 5.74) is 1.81. The number of benzene rings is 1. The van der Waals surface area contributed by atoms with Crippen molar-refractivity contribution in [3.63, 3.8) is 0 Å². The molecule has 1 aliphatic rings. The van der Waals surface area contributed by atoms with E-state index in [2.05, 4.69) is 5.32 Å². The molecule has 0 fully saturated rings. The van der Waals surface area contributed by atoms with E-state index in [0.29, 0.717) is 13.0 Å². The molecule has 0 spiro atoms. The molecule has 0 amide bonds. The first-order valence-electron chi connectivity index (χ1n) is 5.31. The molecule has 3 nitrogen and oxygen atoms in total. The van der Waals surface area contributed by atoms with Crippen molar-refractivity contribution in [1.29, 1.82) is 0 Å². The molecule has 1 aromatic rings. The van der Waals surface area contributed by atoms with Gasteiger partial charge < -0.3 is 10.1 Å². The summed E-state index contributed by atoms with van der Waals surface area (Å²) in [6.07, 6.45) is 0.572. The predicted octanol–water partition coefficient (Wildman–Crippen LogP) is 1.76. The van der Waals surface area contributed by atoms with Crippen molar-refractivity contribution < 1.29 is 9.53 Å². The quantitative estimate of drug-likeness (QED) is 0.799. The van der Waals surface area contributed by atoms with Crippen LogP contribution in [0.15, 0.2) is 18.2 Å². The average molecular weight is 205 g/mol. The zero-order chi connectivity index (χ0) is 10.7. The maximum Gasteiger partial charge on any atom is 0.164 e. The lowest BCUT2D eigenvalue weighted by Gasteiger charge is -2.11. The molecule has 0 aliphatic carbocycles. The van der Waals surface area contributed by atoms with Gasteiger partial charge in [0.25, 0.3) is 0 Å². The Kier molecular flexibility index (Phi) is 3.02. The van der Waals surface area contributed by atoms with Gasteiger partial charge in [0.2, 0.25) is 0 Å². The molecule has 0 atom stereocenters. The van der Waals surface area contributed by atoms with E-state index in [9.17, 15) is 4.79 Å². The van der Waals surface area contributed by atoms with Gasteiger partial charge in [-0.1, -0.05) is 12.1 Å². The van der Waals surface area contributed by atoms with E-state index in [4.69, 9.17) is 4.74 Å². The van der Waals surface area contributed by atoms with E-state index in [0.717, 1.165) is 30.0 Å². The third kappa shape index (κ3) is 2.02. The smallest absolute Gasteiger partial charge is 0.164 e. The largest absolute Gasteiger partial charge is 0.494 e. The highest BCUT2D eigenvalue weighted by Crippen LogP contribution is 2.25. The third-order valence-electron chi connectivity index (χ3n) is 2.56. The molecule has 0 unspecified atom stereocenters. The summed E-state index contributed by atoms with van der Waals surface area (Å²) in [4.78, 5) is 11.8. The SMILES string of the molecule is CCOc1cccc2c1CNCCC2=O. The van der Waals surface area contributed by atoms with E-state index in [1.807, 2.05) is 25.1 Å². The number of hydrogen-bond donors (Lipinski definition) is 1. The van der Waals surface area contributed by atoms with Crippen LogP contribution in [-0.2, 0) is 6.54 Å². The van der Waals surface area contributed by atoms with Gasteiger partial charge >= 0.3 is 0 Å². The first-order valence-corrected chi connectivity index (χ1v) is 5.31. The van der Waals surface area contributed by atoms with E-state index >= 15 is 0 Å². The second-order valence-corrected chi connectivity index (χ2v) is 3.57. The third-order valence-corrected chi connectivity index (χ3v) is 2.56. The Morgan fingerprint density at radius 1 is 1.47 bits per heavy atom. The Morgan fingerprint density at radius 2 is 2.33 bits per heavy atom. The summed E-state index contributed by atoms with van der Waals surface area (Å²) < 4.78 is 5.52. The molecular formula is C12H15NO2. The second kappa shape index (κ2) is 4.45. The van der Waals surface area contributed by atoms with Gasteiger partial charge in [-0.15, -0.1) is 0 Å². The van der Waals surface area contributed by atoms with Gasteiger partial charge in [0.1, 0.15) is 5.75 Å². The Labute approximate surface area is 89.4 Å². The molecule has 0 radical (unpaired) electrons. The Bertz CT molecular complexity index is 374. The summed E-state index contributed by atoms with van der Waals surface area (Å²) in [6.45, 7) is 4.05. The standard InChI is InChI=1S/C12H15NO2/c1-2-15-12-5-3-4-9-10(12)8-13-7-6-11(9)14/h3-5,13H,2,6-8H2,1H3. The zero-order valence-corrected chi connectivity index (χ0v) is 8.88. The average Bonchev–Trinajstić information content (AvgIpc) is 2.43. The maximum absolute atomic E-state index is 11.8. The van der Waals surface area contributed by atoms with Crippen LogP contribution in [0.5, 0.6) is 5.75 Å². The molecule has 0 saturated carbocycles. The lowest BCUT2D eigenvalue weighted by Crippen LogP contribution is -2.13. The maximum atomic E-state index is 11.8. The topological polar surface area (TPSA) is 38.3 Å². The fourth-order valence-electron chi connectivity index (χ4n) is 1.85. The van der Waals surface area contributed by atoms with Crippen LogP contribution in [0.1, 0.15) is 29.3 Å². The van der Waals surface area contributed by atoms with Crippen molar-refractivity contribution in [1.82, 2.24) is 5.32 Å². The predicted molar refractivity (Wildman–Crippen MR) is 58.3 cm³/mol. The summed E-state index contributed by atoms with van der Waals surface area (Å²) in [5.74, 6) is 1.04. The van der Waals surface area contributed by atoms with Crippen molar-refractivity contribution in [2.75, 3.05) is 13.2 Å². The summed E-state index contributed by atoms with van der Waals surface area (Å²) >= 11 is 0. The van der Waals surface area contributed by atoms with Crippen LogP contribution in [0.25, 0.3) is 0 Å². The zero-order valence-electron chi connectivity index (χ0n) is 8.88. The van der Waals surface area contributed by atoms with Crippen LogP contribution in [0.4, 0.5) is 0 Å². The van der Waals surface area contributed by atoms with Crippen LogP contribution in [0.2, 0.25) is 0 Å². The van der Waals surface area contributed by atoms with Gasteiger partial charge in [0.05, 0.1) is 6.61 Å². The molecular weight excluding hydrogens is 190 g/mol. The van der Waals surface area contributed by atoms with Crippen molar-refractivity contribution >= 4 is 5.78 Å². The first-order chi connectivity index (χ1) is 7.33. The molecule has 80 valence electrons. The number of carbonyl (C=O) groups is 1. The number of nitrogens with one attached hydrogen (secondary N) is 1. The molecule has 15 heavy (non-hydrogen) atoms. The molecule has 0 saturated heterocycles. The Hall–Kier alpha value is -1.35. The monoisotopic (exact) mass is 205 g/mol. The number of ether oxygens (including phenoxy) is 1. The highest BCUT2D eigenvalue weighted by atomic mass is 16.5. The highest BCUT2D eigenvalue weighted by molar-refractivity contribution is 5.98. The number of hydrogen-bond acceptors (Lipinski definition) is 3. The molecule has 1 N–H and O–H groups in total. The summed E-state index contributed by atoms with van der Waals surface area (Å²) in [5, 5.41) is 3.23. The van der Waals surface area contributed by atoms with Crippen LogP contribution in [0.3, 0.4) is 0 Å². The molecule has 1 aliphatic heterocycles. The van der Waals surface area contributed by atoms with Gasteiger partial charge in [0.15, 0.2) is 5.78 Å². The molecule has 0 bridgehead atoms. The molecule has 1 heterocycles.